The number of esters is 1. The summed E-state index contributed by atoms with van der Waals surface area (Å²) in [5, 5.41) is 0. The summed E-state index contributed by atoms with van der Waals surface area (Å²) in [5.74, 6) is -0.211. The van der Waals surface area contributed by atoms with Crippen LogP contribution >= 0.6 is 18.9 Å². The molecule has 31 heavy (non-hydrogen) atoms. The summed E-state index contributed by atoms with van der Waals surface area (Å²) in [6, 6.07) is 0. The van der Waals surface area contributed by atoms with Gasteiger partial charge in [0, 0.05) is 43.6 Å². The minimum Gasteiger partial charge on any atom is -0.469 e. The van der Waals surface area contributed by atoms with Crippen LogP contribution in [0.15, 0.2) is 24.3 Å². The fourth-order valence-corrected chi connectivity index (χ4v) is 5.99. The molecule has 0 aromatic heterocycles. The van der Waals surface area contributed by atoms with Gasteiger partial charge in [0.25, 0.3) is 0 Å². The third-order valence-electron chi connectivity index (χ3n) is 7.23. The molecule has 2 rings (SSSR count). The minimum absolute atomic E-state index is 0.0564. The number of rotatable bonds is 14. The number of methoxy groups -OCH3 is 1. The number of alkyl halides is 1. The van der Waals surface area contributed by atoms with E-state index in [0.717, 1.165) is 19.3 Å². The first-order valence-corrected chi connectivity index (χ1v) is 12.7. The van der Waals surface area contributed by atoms with Crippen LogP contribution in [0.3, 0.4) is 0 Å². The second-order valence-corrected chi connectivity index (χ2v) is 9.64. The van der Waals surface area contributed by atoms with Crippen LogP contribution in [0.2, 0.25) is 0 Å². The third-order valence-corrected chi connectivity index (χ3v) is 7.91. The summed E-state index contributed by atoms with van der Waals surface area (Å²) in [4.78, 5) is 11.2. The number of ether oxygens (including phenoxy) is 1. The number of carbonyl (C=O) groups is 1. The molecule has 2 fully saturated rings. The first-order valence-electron chi connectivity index (χ1n) is 11.7. The van der Waals surface area contributed by atoms with Crippen LogP contribution in [0.25, 0.3) is 0 Å². The van der Waals surface area contributed by atoms with Gasteiger partial charge in [0.05, 0.1) is 19.3 Å². The molecule has 0 spiro atoms. The lowest BCUT2D eigenvalue weighted by molar-refractivity contribution is -0.140. The Morgan fingerprint density at radius 1 is 1.26 bits per heavy atom. The van der Waals surface area contributed by atoms with Crippen molar-refractivity contribution in [3.63, 3.8) is 0 Å². The smallest absolute Gasteiger partial charge is 0.305 e. The van der Waals surface area contributed by atoms with Gasteiger partial charge in [-0.25, -0.2) is 4.39 Å². The zero-order chi connectivity index (χ0) is 22.7. The SMILES string of the molecule is CCCC1(C(CC=C[C@H]2C(OP)CC(F)[C@@H]2CC=CCCCC(=O)OC)OP)CCC1. The summed E-state index contributed by atoms with van der Waals surface area (Å²) in [7, 11) is 6.19. The highest BCUT2D eigenvalue weighted by Crippen LogP contribution is 2.50. The van der Waals surface area contributed by atoms with Gasteiger partial charge in [-0.05, 0) is 50.4 Å². The number of hydrogen-bond acceptors (Lipinski definition) is 4. The number of unbranched alkanes of at least 4 members (excludes halogenated alkanes) is 1. The largest absolute Gasteiger partial charge is 0.469 e. The molecule has 0 aliphatic heterocycles. The first kappa shape index (κ1) is 26.9. The van der Waals surface area contributed by atoms with Crippen LogP contribution in [0.1, 0.15) is 77.6 Å². The van der Waals surface area contributed by atoms with Gasteiger partial charge in [-0.2, -0.15) is 0 Å². The molecular formula is C24H41FO4P2. The number of halogens is 1. The van der Waals surface area contributed by atoms with Crippen molar-refractivity contribution in [2.24, 2.45) is 17.3 Å². The molecule has 0 N–H and O–H groups in total. The molecule has 0 aromatic rings. The van der Waals surface area contributed by atoms with E-state index in [1.165, 1.54) is 39.2 Å². The van der Waals surface area contributed by atoms with E-state index in [-0.39, 0.29) is 30.0 Å². The van der Waals surface area contributed by atoms with Crippen LogP contribution in [0.4, 0.5) is 4.39 Å². The molecule has 178 valence electrons. The van der Waals surface area contributed by atoms with Crippen molar-refractivity contribution < 1.29 is 23.0 Å². The van der Waals surface area contributed by atoms with Gasteiger partial charge in [0.2, 0.25) is 0 Å². The molecule has 2 aliphatic rings. The monoisotopic (exact) mass is 474 g/mol. The molecule has 0 radical (unpaired) electrons. The molecule has 0 bridgehead atoms. The van der Waals surface area contributed by atoms with E-state index in [2.05, 4.69) is 54.9 Å². The second kappa shape index (κ2) is 14.0. The van der Waals surface area contributed by atoms with Crippen molar-refractivity contribution >= 4 is 24.9 Å². The predicted octanol–water partition coefficient (Wildman–Crippen LogP) is 6.52. The van der Waals surface area contributed by atoms with Crippen molar-refractivity contribution in [2.45, 2.75) is 95.9 Å². The summed E-state index contributed by atoms with van der Waals surface area (Å²) in [6.45, 7) is 2.24. The lowest BCUT2D eigenvalue weighted by Crippen LogP contribution is -2.41. The average Bonchev–Trinajstić information content (AvgIpc) is 3.05. The fourth-order valence-electron chi connectivity index (χ4n) is 5.30. The Balaban J connectivity index is 1.91. The lowest BCUT2D eigenvalue weighted by Gasteiger charge is -2.47. The highest BCUT2D eigenvalue weighted by Gasteiger charge is 2.44. The van der Waals surface area contributed by atoms with Crippen LogP contribution in [-0.4, -0.2) is 31.5 Å². The first-order chi connectivity index (χ1) is 15.0. The second-order valence-electron chi connectivity index (χ2n) is 9.10. The zero-order valence-corrected chi connectivity index (χ0v) is 21.4. The molecule has 0 amide bonds. The molecule has 2 aliphatic carbocycles. The summed E-state index contributed by atoms with van der Waals surface area (Å²) >= 11 is 0. The van der Waals surface area contributed by atoms with Crippen molar-refractivity contribution in [2.75, 3.05) is 7.11 Å². The maximum absolute atomic E-state index is 14.8. The van der Waals surface area contributed by atoms with E-state index in [1.807, 2.05) is 0 Å². The topological polar surface area (TPSA) is 44.8 Å². The van der Waals surface area contributed by atoms with Gasteiger partial charge < -0.3 is 13.8 Å². The lowest BCUT2D eigenvalue weighted by atomic mass is 9.62. The number of carbonyl (C=O) groups excluding carboxylic acids is 1. The Bertz CT molecular complexity index is 594. The Kier molecular flexibility index (Phi) is 12.2. The van der Waals surface area contributed by atoms with Gasteiger partial charge in [0.1, 0.15) is 6.17 Å². The zero-order valence-electron chi connectivity index (χ0n) is 19.1. The van der Waals surface area contributed by atoms with E-state index in [0.29, 0.717) is 24.7 Å². The molecule has 5 unspecified atom stereocenters. The molecule has 7 heteroatoms. The highest BCUT2D eigenvalue weighted by molar-refractivity contribution is 7.10. The Morgan fingerprint density at radius 2 is 2.03 bits per heavy atom. The van der Waals surface area contributed by atoms with Crippen LogP contribution in [0, 0.1) is 17.3 Å². The molecule has 2 saturated carbocycles. The Hall–Kier alpha value is -0.340. The Morgan fingerprint density at radius 3 is 2.61 bits per heavy atom. The maximum Gasteiger partial charge on any atom is 0.305 e. The minimum atomic E-state index is -0.869. The fraction of sp³-hybridized carbons (Fsp3) is 0.792. The molecular weight excluding hydrogens is 433 g/mol. The van der Waals surface area contributed by atoms with E-state index in [9.17, 15) is 9.18 Å². The van der Waals surface area contributed by atoms with Gasteiger partial charge >= 0.3 is 5.97 Å². The predicted molar refractivity (Wildman–Crippen MR) is 130 cm³/mol. The van der Waals surface area contributed by atoms with Crippen molar-refractivity contribution in [3.05, 3.63) is 24.3 Å². The molecule has 0 heterocycles. The van der Waals surface area contributed by atoms with Crippen molar-refractivity contribution in [3.8, 4) is 0 Å². The van der Waals surface area contributed by atoms with Crippen LogP contribution in [-0.2, 0) is 18.6 Å². The normalized spacial score (nSPS) is 28.8. The van der Waals surface area contributed by atoms with E-state index in [1.54, 1.807) is 0 Å². The van der Waals surface area contributed by atoms with E-state index < -0.39 is 6.17 Å². The van der Waals surface area contributed by atoms with Crippen molar-refractivity contribution in [1.82, 2.24) is 0 Å². The third kappa shape index (κ3) is 7.60. The standard InChI is InChI=1S/C24H41FO4P2/c1-3-14-24(15-9-16-24)22(29-31)12-8-11-19-18(20(25)17-21(19)28-30)10-6-4-5-7-13-23(26)27-2/h4,6,8,11,18-22H,3,5,7,9-10,12-17,30-31H2,1-2H3/t18-,19-,20?,21?,22?/m1/s1. The molecule has 0 aromatic carbocycles. The van der Waals surface area contributed by atoms with Gasteiger partial charge in [0.15, 0.2) is 0 Å². The number of hydrogen-bond donors (Lipinski definition) is 0. The van der Waals surface area contributed by atoms with Crippen LogP contribution in [0.5, 0.6) is 0 Å². The molecule has 4 nitrogen and oxygen atoms in total. The summed E-state index contributed by atoms with van der Waals surface area (Å²) in [6.07, 6.45) is 17.8. The summed E-state index contributed by atoms with van der Waals surface area (Å²) < 4.78 is 30.8. The summed E-state index contributed by atoms with van der Waals surface area (Å²) in [5.41, 5.74) is 0.308. The van der Waals surface area contributed by atoms with Gasteiger partial charge in [-0.3, -0.25) is 4.79 Å². The van der Waals surface area contributed by atoms with E-state index in [4.69, 9.17) is 9.05 Å². The quantitative estimate of drug-likeness (QED) is 0.124. The molecule has 7 atom stereocenters. The maximum atomic E-state index is 14.8. The van der Waals surface area contributed by atoms with Crippen molar-refractivity contribution in [1.29, 1.82) is 0 Å². The van der Waals surface area contributed by atoms with Crippen LogP contribution < -0.4 is 0 Å². The highest BCUT2D eigenvalue weighted by atomic mass is 31.0. The van der Waals surface area contributed by atoms with E-state index >= 15 is 0 Å². The number of allylic oxidation sites excluding steroid dienone is 2. The van der Waals surface area contributed by atoms with Gasteiger partial charge in [-0.15, -0.1) is 0 Å². The van der Waals surface area contributed by atoms with Gasteiger partial charge in [-0.1, -0.05) is 44.1 Å². The Labute approximate surface area is 192 Å². The average molecular weight is 475 g/mol. The molecule has 0 saturated heterocycles.